The first-order valence-electron chi connectivity index (χ1n) is 9.23. The van der Waals surface area contributed by atoms with Crippen molar-refractivity contribution < 1.29 is 9.59 Å². The Kier molecular flexibility index (Phi) is 3.46. The van der Waals surface area contributed by atoms with Crippen molar-refractivity contribution in [3.63, 3.8) is 0 Å². The van der Waals surface area contributed by atoms with Gasteiger partial charge in [-0.05, 0) is 25.0 Å². The molecule has 28 heavy (non-hydrogen) atoms. The molecule has 1 aromatic carbocycles. The molecule has 3 aromatic rings. The van der Waals surface area contributed by atoms with Crippen LogP contribution in [0.2, 0.25) is 0 Å². The monoisotopic (exact) mass is 376 g/mol. The maximum absolute atomic E-state index is 13.3. The molecule has 1 spiro atoms. The molecule has 0 radical (unpaired) electrons. The molecule has 142 valence electrons. The summed E-state index contributed by atoms with van der Waals surface area (Å²) in [5, 5.41) is 3.01. The van der Waals surface area contributed by atoms with Crippen LogP contribution in [0.3, 0.4) is 0 Å². The van der Waals surface area contributed by atoms with Crippen molar-refractivity contribution in [1.82, 2.24) is 24.4 Å². The third-order valence-corrected chi connectivity index (χ3v) is 5.88. The van der Waals surface area contributed by atoms with Crippen LogP contribution >= 0.6 is 0 Å². The van der Waals surface area contributed by atoms with Gasteiger partial charge in [0.2, 0.25) is 5.91 Å². The number of hydrogen-bond acceptors (Lipinski definition) is 4. The number of nitrogens with zero attached hydrogens (tertiary/aromatic N) is 4. The minimum Gasteiger partial charge on any atom is -0.338 e. The number of imidazole rings is 2. The number of nitrogens with one attached hydrogen (secondary N) is 2. The molecule has 2 aliphatic rings. The lowest BCUT2D eigenvalue weighted by molar-refractivity contribution is -0.121. The van der Waals surface area contributed by atoms with E-state index in [-0.39, 0.29) is 11.8 Å². The fourth-order valence-electron chi connectivity index (χ4n) is 4.59. The number of fused-ring (bicyclic) bond motifs is 2. The van der Waals surface area contributed by atoms with Crippen molar-refractivity contribution in [1.29, 1.82) is 0 Å². The van der Waals surface area contributed by atoms with Crippen molar-refractivity contribution in [2.45, 2.75) is 24.8 Å². The highest BCUT2D eigenvalue weighted by molar-refractivity contribution is 6.08. The van der Waals surface area contributed by atoms with Gasteiger partial charge in [-0.2, -0.15) is 0 Å². The highest BCUT2D eigenvalue weighted by atomic mass is 16.2. The Hall–Kier alpha value is -3.42. The number of anilines is 1. The van der Waals surface area contributed by atoms with Gasteiger partial charge in [-0.3, -0.25) is 9.59 Å². The lowest BCUT2D eigenvalue weighted by Gasteiger charge is -2.33. The molecule has 1 fully saturated rings. The zero-order chi connectivity index (χ0) is 19.5. The predicted molar refractivity (Wildman–Crippen MR) is 102 cm³/mol. The third kappa shape index (κ3) is 2.11. The molecule has 0 aliphatic carbocycles. The Morgan fingerprint density at radius 3 is 2.82 bits per heavy atom. The minimum atomic E-state index is -0.861. The molecule has 8 nitrogen and oxygen atoms in total. The largest absolute Gasteiger partial charge is 0.338 e. The van der Waals surface area contributed by atoms with Gasteiger partial charge in [0.05, 0.1) is 6.20 Å². The number of carbonyl (C=O) groups excluding carboxylic acids is 2. The predicted octanol–water partition coefficient (Wildman–Crippen LogP) is 1.93. The van der Waals surface area contributed by atoms with Crippen LogP contribution < -0.4 is 5.32 Å². The Morgan fingerprint density at radius 1 is 1.29 bits per heavy atom. The maximum atomic E-state index is 13.3. The van der Waals surface area contributed by atoms with Crippen molar-refractivity contribution in [3.05, 3.63) is 65.8 Å². The number of carbonyl (C=O) groups is 2. The molecular formula is C20H20N6O2. The normalized spacial score (nSPS) is 23.3. The number of H-pyrrole nitrogens is 1. The van der Waals surface area contributed by atoms with Crippen LogP contribution in [0.1, 0.15) is 40.2 Å². The molecule has 0 unspecified atom stereocenters. The summed E-state index contributed by atoms with van der Waals surface area (Å²) in [5.41, 5.74) is 1.28. The van der Waals surface area contributed by atoms with E-state index >= 15 is 0 Å². The Morgan fingerprint density at radius 2 is 2.11 bits per heavy atom. The smallest absolute Gasteiger partial charge is 0.272 e. The van der Waals surface area contributed by atoms with Crippen LogP contribution in [0.5, 0.6) is 0 Å². The number of hydrogen-bond donors (Lipinski definition) is 2. The molecular weight excluding hydrogens is 356 g/mol. The van der Waals surface area contributed by atoms with Gasteiger partial charge in [0.1, 0.15) is 28.8 Å². The number of rotatable bonds is 2. The molecule has 2 atom stereocenters. The second-order valence-electron chi connectivity index (χ2n) is 7.40. The fourth-order valence-corrected chi connectivity index (χ4v) is 4.59. The van der Waals surface area contributed by atoms with Gasteiger partial charge in [0.15, 0.2) is 0 Å². The molecule has 0 saturated carbocycles. The molecule has 8 heteroatoms. The van der Waals surface area contributed by atoms with Crippen molar-refractivity contribution >= 4 is 17.5 Å². The summed E-state index contributed by atoms with van der Waals surface area (Å²) in [7, 11) is 1.89. The van der Waals surface area contributed by atoms with Gasteiger partial charge in [0.25, 0.3) is 5.91 Å². The molecule has 2 amide bonds. The maximum Gasteiger partial charge on any atom is 0.272 e. The molecule has 2 aliphatic heterocycles. The van der Waals surface area contributed by atoms with E-state index in [2.05, 4.69) is 20.3 Å². The molecule has 5 rings (SSSR count). The molecule has 4 heterocycles. The van der Waals surface area contributed by atoms with E-state index in [1.165, 1.54) is 0 Å². The second-order valence-corrected chi connectivity index (χ2v) is 7.40. The molecule has 2 N–H and O–H groups in total. The lowest BCUT2D eigenvalue weighted by atomic mass is 9.74. The van der Waals surface area contributed by atoms with Crippen molar-refractivity contribution in [2.24, 2.45) is 7.05 Å². The van der Waals surface area contributed by atoms with Crippen molar-refractivity contribution in [2.75, 3.05) is 11.9 Å². The van der Waals surface area contributed by atoms with Crippen LogP contribution in [0.25, 0.3) is 0 Å². The Bertz CT molecular complexity index is 1100. The number of aromatic amines is 1. The van der Waals surface area contributed by atoms with E-state index in [4.69, 9.17) is 0 Å². The number of likely N-dealkylation sites (tertiary alicyclic amines) is 1. The zero-order valence-electron chi connectivity index (χ0n) is 15.6. The van der Waals surface area contributed by atoms with E-state index in [1.807, 2.05) is 42.1 Å². The van der Waals surface area contributed by atoms with Crippen LogP contribution in [-0.4, -0.2) is 42.8 Å². The van der Waals surface area contributed by atoms with Gasteiger partial charge in [-0.15, -0.1) is 0 Å². The standard InChI is InChI=1S/C20H20N6O2/c1-12-22-11-15(23-12)18(27)26-9-7-20(16(26)17-21-8-10-25(17)2)13-5-3-4-6-14(13)24-19(20)28/h3-6,8,10-11,16H,7,9H2,1-2H3,(H,22,23)(H,24,28)/t16-,20+/m0/s1. The zero-order valence-corrected chi connectivity index (χ0v) is 15.6. The van der Waals surface area contributed by atoms with Gasteiger partial charge >= 0.3 is 0 Å². The summed E-state index contributed by atoms with van der Waals surface area (Å²) in [4.78, 5) is 40.0. The van der Waals surface area contributed by atoms with Gasteiger partial charge in [-0.1, -0.05) is 18.2 Å². The number of aromatic nitrogens is 4. The quantitative estimate of drug-likeness (QED) is 0.714. The summed E-state index contributed by atoms with van der Waals surface area (Å²) < 4.78 is 1.88. The number of aryl methyl sites for hydroxylation is 2. The van der Waals surface area contributed by atoms with Crippen LogP contribution in [-0.2, 0) is 17.3 Å². The summed E-state index contributed by atoms with van der Waals surface area (Å²) in [6, 6.07) is 7.20. The number of amides is 2. The fraction of sp³-hybridized carbons (Fsp3) is 0.300. The third-order valence-electron chi connectivity index (χ3n) is 5.88. The Balaban J connectivity index is 1.68. The van der Waals surface area contributed by atoms with Crippen LogP contribution in [0, 0.1) is 6.92 Å². The first kappa shape index (κ1) is 16.7. The van der Waals surface area contributed by atoms with Crippen molar-refractivity contribution in [3.8, 4) is 0 Å². The van der Waals surface area contributed by atoms with E-state index in [9.17, 15) is 9.59 Å². The van der Waals surface area contributed by atoms with E-state index in [0.717, 1.165) is 11.3 Å². The summed E-state index contributed by atoms with van der Waals surface area (Å²) in [6.45, 7) is 2.26. The summed E-state index contributed by atoms with van der Waals surface area (Å²) >= 11 is 0. The van der Waals surface area contributed by atoms with Gasteiger partial charge < -0.3 is 19.8 Å². The highest BCUT2D eigenvalue weighted by Crippen LogP contribution is 2.54. The molecule has 1 saturated heterocycles. The Labute approximate surface area is 161 Å². The topological polar surface area (TPSA) is 95.9 Å². The first-order valence-corrected chi connectivity index (χ1v) is 9.23. The minimum absolute atomic E-state index is 0.0854. The summed E-state index contributed by atoms with van der Waals surface area (Å²) in [5.74, 6) is 1.10. The summed E-state index contributed by atoms with van der Waals surface area (Å²) in [6.07, 6.45) is 5.61. The highest BCUT2D eigenvalue weighted by Gasteiger charge is 2.60. The van der Waals surface area contributed by atoms with Gasteiger partial charge in [-0.25, -0.2) is 9.97 Å². The average Bonchev–Trinajstić information content (AvgIpc) is 3.43. The molecule has 0 bridgehead atoms. The van der Waals surface area contributed by atoms with Gasteiger partial charge in [0, 0.05) is 31.7 Å². The van der Waals surface area contributed by atoms with Crippen LogP contribution in [0.15, 0.2) is 42.9 Å². The second kappa shape index (κ2) is 5.79. The molecule has 2 aromatic heterocycles. The lowest BCUT2D eigenvalue weighted by Crippen LogP contribution is -2.43. The van der Waals surface area contributed by atoms with Crippen LogP contribution in [0.4, 0.5) is 5.69 Å². The van der Waals surface area contributed by atoms with E-state index in [0.29, 0.717) is 30.3 Å². The number of benzene rings is 1. The van der Waals surface area contributed by atoms with E-state index < -0.39 is 11.5 Å². The number of para-hydroxylation sites is 1. The SMILES string of the molecule is Cc1ncc(C(=O)N2CC[C@]3(C(=O)Nc4ccccc43)[C@@H]2c2nccn2C)[nH]1. The van der Waals surface area contributed by atoms with E-state index in [1.54, 1.807) is 24.2 Å². The average molecular weight is 376 g/mol. The first-order chi connectivity index (χ1) is 13.5.